The van der Waals surface area contributed by atoms with Crippen molar-refractivity contribution in [3.63, 3.8) is 0 Å². The highest BCUT2D eigenvalue weighted by Gasteiger charge is 2.21. The molecule has 1 aliphatic rings. The smallest absolute Gasteiger partial charge is 0.191 e. The molecule has 0 spiro atoms. The van der Waals surface area contributed by atoms with E-state index in [1.165, 1.54) is 25.9 Å². The first-order valence-corrected chi connectivity index (χ1v) is 8.42. The van der Waals surface area contributed by atoms with Crippen LogP contribution in [0.4, 0.5) is 0 Å². The van der Waals surface area contributed by atoms with Gasteiger partial charge in [0.1, 0.15) is 0 Å². The van der Waals surface area contributed by atoms with Crippen LogP contribution in [0.3, 0.4) is 0 Å². The summed E-state index contributed by atoms with van der Waals surface area (Å²) in [6, 6.07) is 0.650. The number of guanidine groups is 1. The minimum Gasteiger partial charge on any atom is -0.385 e. The van der Waals surface area contributed by atoms with Gasteiger partial charge >= 0.3 is 0 Å². The maximum atomic E-state index is 5.07. The lowest BCUT2D eigenvalue weighted by Crippen LogP contribution is -2.42. The Morgan fingerprint density at radius 1 is 1.36 bits per heavy atom. The van der Waals surface area contributed by atoms with Crippen molar-refractivity contribution < 1.29 is 4.74 Å². The predicted octanol–water partition coefficient (Wildman–Crippen LogP) is 2.32. The van der Waals surface area contributed by atoms with Gasteiger partial charge < -0.3 is 20.3 Å². The van der Waals surface area contributed by atoms with E-state index in [1.54, 1.807) is 7.11 Å². The molecule has 1 aliphatic heterocycles. The van der Waals surface area contributed by atoms with Crippen molar-refractivity contribution in [1.82, 2.24) is 15.5 Å². The van der Waals surface area contributed by atoms with E-state index in [0.717, 1.165) is 38.6 Å². The number of hydrogen-bond donors (Lipinski definition) is 2. The van der Waals surface area contributed by atoms with E-state index in [0.29, 0.717) is 12.0 Å². The summed E-state index contributed by atoms with van der Waals surface area (Å²) < 4.78 is 5.07. The molecule has 0 aromatic carbocycles. The molecule has 6 heteroatoms. The Bertz CT molecular complexity index is 300. The third kappa shape index (κ3) is 9.15. The summed E-state index contributed by atoms with van der Waals surface area (Å²) in [7, 11) is 1.74. The third-order valence-electron chi connectivity index (χ3n) is 3.95. The van der Waals surface area contributed by atoms with E-state index < -0.39 is 0 Å². The van der Waals surface area contributed by atoms with Gasteiger partial charge in [-0.3, -0.25) is 4.99 Å². The average Bonchev–Trinajstić information content (AvgIpc) is 2.49. The van der Waals surface area contributed by atoms with Gasteiger partial charge in [0.15, 0.2) is 5.96 Å². The van der Waals surface area contributed by atoms with Crippen LogP contribution >= 0.6 is 24.0 Å². The van der Waals surface area contributed by atoms with E-state index in [-0.39, 0.29) is 24.0 Å². The first-order chi connectivity index (χ1) is 10.2. The lowest BCUT2D eigenvalue weighted by Gasteiger charge is -2.34. The molecule has 0 radical (unpaired) electrons. The van der Waals surface area contributed by atoms with Crippen LogP contribution in [0.1, 0.15) is 40.0 Å². The van der Waals surface area contributed by atoms with E-state index in [9.17, 15) is 0 Å². The van der Waals surface area contributed by atoms with Crippen LogP contribution in [0.5, 0.6) is 0 Å². The van der Waals surface area contributed by atoms with Crippen molar-refractivity contribution in [2.45, 2.75) is 46.1 Å². The van der Waals surface area contributed by atoms with E-state index >= 15 is 0 Å². The second-order valence-electron chi connectivity index (χ2n) is 6.09. The number of nitrogens with one attached hydrogen (secondary N) is 2. The summed E-state index contributed by atoms with van der Waals surface area (Å²) in [5.74, 6) is 1.63. The molecule has 2 N–H and O–H groups in total. The zero-order valence-electron chi connectivity index (χ0n) is 14.7. The molecular weight excluding hydrogens is 391 g/mol. The van der Waals surface area contributed by atoms with Gasteiger partial charge in [-0.25, -0.2) is 0 Å². The Labute approximate surface area is 153 Å². The highest BCUT2D eigenvalue weighted by molar-refractivity contribution is 14.0. The Morgan fingerprint density at radius 2 is 2.14 bits per heavy atom. The van der Waals surface area contributed by atoms with Crippen molar-refractivity contribution in [3.05, 3.63) is 0 Å². The van der Waals surface area contributed by atoms with E-state index in [1.807, 2.05) is 0 Å². The van der Waals surface area contributed by atoms with Gasteiger partial charge in [-0.15, -0.1) is 24.0 Å². The SMILES string of the molecule is CCNC(=NCC1CCCN(C(C)C)C1)NCCCOC.I. The number of rotatable bonds is 8. The molecule has 1 atom stereocenters. The number of halogens is 1. The van der Waals surface area contributed by atoms with Gasteiger partial charge in [0.05, 0.1) is 0 Å². The van der Waals surface area contributed by atoms with Crippen molar-refractivity contribution in [3.8, 4) is 0 Å². The van der Waals surface area contributed by atoms with Crippen LogP contribution in [0.25, 0.3) is 0 Å². The van der Waals surface area contributed by atoms with Gasteiger partial charge in [0.25, 0.3) is 0 Å². The molecule has 5 nitrogen and oxygen atoms in total. The van der Waals surface area contributed by atoms with Gasteiger partial charge in [-0.05, 0) is 52.5 Å². The molecule has 1 fully saturated rings. The number of piperidine rings is 1. The molecule has 22 heavy (non-hydrogen) atoms. The highest BCUT2D eigenvalue weighted by Crippen LogP contribution is 2.18. The Hall–Kier alpha value is -0.0800. The Morgan fingerprint density at radius 3 is 2.77 bits per heavy atom. The molecule has 132 valence electrons. The molecule has 1 rings (SSSR count). The summed E-state index contributed by atoms with van der Waals surface area (Å²) in [4.78, 5) is 7.33. The topological polar surface area (TPSA) is 48.9 Å². The zero-order chi connectivity index (χ0) is 15.5. The molecule has 1 heterocycles. The lowest BCUT2D eigenvalue weighted by atomic mass is 9.97. The summed E-state index contributed by atoms with van der Waals surface area (Å²) in [6.45, 7) is 12.6. The number of aliphatic imine (C=N–C) groups is 1. The second-order valence-corrected chi connectivity index (χ2v) is 6.09. The lowest BCUT2D eigenvalue weighted by molar-refractivity contribution is 0.143. The van der Waals surface area contributed by atoms with Crippen LogP contribution in [-0.4, -0.2) is 63.3 Å². The summed E-state index contributed by atoms with van der Waals surface area (Å²) in [5, 5.41) is 6.69. The molecule has 0 aromatic rings. The molecule has 0 aliphatic carbocycles. The van der Waals surface area contributed by atoms with Gasteiger partial charge in [0.2, 0.25) is 0 Å². The third-order valence-corrected chi connectivity index (χ3v) is 3.95. The molecule has 0 saturated carbocycles. The fraction of sp³-hybridized carbons (Fsp3) is 0.938. The minimum absolute atomic E-state index is 0. The minimum atomic E-state index is 0. The maximum absolute atomic E-state index is 5.07. The maximum Gasteiger partial charge on any atom is 0.191 e. The first kappa shape index (κ1) is 21.9. The summed E-state index contributed by atoms with van der Waals surface area (Å²) in [6.07, 6.45) is 3.61. The van der Waals surface area contributed by atoms with E-state index in [4.69, 9.17) is 9.73 Å². The summed E-state index contributed by atoms with van der Waals surface area (Å²) >= 11 is 0. The van der Waals surface area contributed by atoms with Crippen molar-refractivity contribution >= 4 is 29.9 Å². The predicted molar refractivity (Wildman–Crippen MR) is 105 cm³/mol. The van der Waals surface area contributed by atoms with Crippen LogP contribution in [0.15, 0.2) is 4.99 Å². The van der Waals surface area contributed by atoms with Crippen LogP contribution < -0.4 is 10.6 Å². The van der Waals surface area contributed by atoms with Crippen molar-refractivity contribution in [1.29, 1.82) is 0 Å². The molecule has 0 amide bonds. The van der Waals surface area contributed by atoms with Gasteiger partial charge in [0, 0.05) is 45.9 Å². The zero-order valence-corrected chi connectivity index (χ0v) is 17.1. The number of nitrogens with zero attached hydrogens (tertiary/aromatic N) is 2. The second kappa shape index (κ2) is 13.4. The fourth-order valence-corrected chi connectivity index (χ4v) is 2.70. The largest absolute Gasteiger partial charge is 0.385 e. The van der Waals surface area contributed by atoms with E-state index in [2.05, 4.69) is 36.3 Å². The normalized spacial score (nSPS) is 19.9. The van der Waals surface area contributed by atoms with Crippen LogP contribution in [0, 0.1) is 5.92 Å². The molecule has 1 saturated heterocycles. The fourth-order valence-electron chi connectivity index (χ4n) is 2.70. The average molecular weight is 426 g/mol. The number of hydrogen-bond acceptors (Lipinski definition) is 3. The first-order valence-electron chi connectivity index (χ1n) is 8.42. The number of likely N-dealkylation sites (tertiary alicyclic amines) is 1. The standard InChI is InChI=1S/C16H34N4O.HI/c1-5-17-16(18-9-7-11-21-4)19-12-15-8-6-10-20(13-15)14(2)3;/h14-15H,5-13H2,1-4H3,(H2,17,18,19);1H. The summed E-state index contributed by atoms with van der Waals surface area (Å²) in [5.41, 5.74) is 0. The van der Waals surface area contributed by atoms with Gasteiger partial charge in [-0.1, -0.05) is 0 Å². The number of ether oxygens (including phenoxy) is 1. The van der Waals surface area contributed by atoms with Crippen LogP contribution in [-0.2, 0) is 4.74 Å². The monoisotopic (exact) mass is 426 g/mol. The quantitative estimate of drug-likeness (QED) is 0.271. The van der Waals surface area contributed by atoms with Crippen molar-refractivity contribution in [2.75, 3.05) is 46.4 Å². The molecule has 0 bridgehead atoms. The Kier molecular flexibility index (Phi) is 13.3. The molecule has 0 aromatic heterocycles. The number of methoxy groups -OCH3 is 1. The molecular formula is C16H35IN4O. The highest BCUT2D eigenvalue weighted by atomic mass is 127. The molecule has 1 unspecified atom stereocenters. The van der Waals surface area contributed by atoms with Crippen LogP contribution in [0.2, 0.25) is 0 Å². The van der Waals surface area contributed by atoms with Gasteiger partial charge in [-0.2, -0.15) is 0 Å². The van der Waals surface area contributed by atoms with Crippen molar-refractivity contribution in [2.24, 2.45) is 10.9 Å². The Balaban J connectivity index is 0.00000441.